The Morgan fingerprint density at radius 3 is 2.22 bits per heavy atom. The molecule has 1 heterocycles. The van der Waals surface area contributed by atoms with E-state index in [1.54, 1.807) is 0 Å². The van der Waals surface area contributed by atoms with E-state index in [9.17, 15) is 14.4 Å². The van der Waals surface area contributed by atoms with Gasteiger partial charge in [0, 0.05) is 63.6 Å². The fourth-order valence-corrected chi connectivity index (χ4v) is 6.03. The van der Waals surface area contributed by atoms with Crippen LogP contribution >= 0.6 is 15.9 Å². The number of ether oxygens (including phenoxy) is 1. The smallest absolute Gasteiger partial charge is 0.262 e. The lowest BCUT2D eigenvalue weighted by Crippen LogP contribution is -2.39. The van der Waals surface area contributed by atoms with Gasteiger partial charge in [-0.25, -0.2) is 0 Å². The normalized spacial score (nSPS) is 18.2. The fraction of sp³-hybridized carbons (Fsp3) is 0.345. The predicted molar refractivity (Wildman–Crippen MR) is 142 cm³/mol. The number of rotatable bonds is 6. The Hall–Kier alpha value is -3.19. The number of benzene rings is 2. The molecule has 0 radical (unpaired) electrons. The summed E-state index contributed by atoms with van der Waals surface area (Å²) in [6.45, 7) is 2.62. The molecule has 186 valence electrons. The van der Waals surface area contributed by atoms with Gasteiger partial charge in [-0.2, -0.15) is 0 Å². The van der Waals surface area contributed by atoms with Crippen LogP contribution in [-0.2, 0) is 14.4 Å². The van der Waals surface area contributed by atoms with E-state index in [1.807, 2.05) is 48.5 Å². The van der Waals surface area contributed by atoms with E-state index < -0.39 is 5.92 Å². The molecule has 7 heteroatoms. The molecule has 0 aromatic heterocycles. The molecule has 0 fully saturated rings. The zero-order valence-electron chi connectivity index (χ0n) is 20.3. The van der Waals surface area contributed by atoms with Gasteiger partial charge in [-0.15, -0.1) is 0 Å². The number of amides is 1. The van der Waals surface area contributed by atoms with E-state index in [2.05, 4.69) is 33.1 Å². The molecule has 2 aromatic carbocycles. The summed E-state index contributed by atoms with van der Waals surface area (Å²) in [5, 5.41) is 2.83. The molecule has 0 unspecified atom stereocenters. The number of halogens is 1. The Morgan fingerprint density at radius 1 is 0.972 bits per heavy atom. The van der Waals surface area contributed by atoms with Gasteiger partial charge in [0.15, 0.2) is 18.2 Å². The molecule has 5 rings (SSSR count). The second-order valence-corrected chi connectivity index (χ2v) is 10.3. The van der Waals surface area contributed by atoms with Gasteiger partial charge in [0.2, 0.25) is 0 Å². The van der Waals surface area contributed by atoms with Crippen LogP contribution in [-0.4, -0.2) is 35.5 Å². The molecule has 3 aliphatic rings. The van der Waals surface area contributed by atoms with E-state index in [1.165, 1.54) is 0 Å². The van der Waals surface area contributed by atoms with E-state index >= 15 is 0 Å². The standard InChI is InChI=1S/C29H29BrN2O4/c1-2-32-21-10-6-12-23(33)28(21)27(29-22(32)11-7-13-24(29)34)20-16-18(30)14-15-25(20)36-17-26(35)31-19-8-4-3-5-9-19/h3-5,8-9,14-16,27H,2,6-7,10-13,17H2,1H3,(H,31,35). The van der Waals surface area contributed by atoms with Gasteiger partial charge < -0.3 is 15.0 Å². The highest BCUT2D eigenvalue weighted by Gasteiger charge is 2.43. The summed E-state index contributed by atoms with van der Waals surface area (Å²) in [5.41, 5.74) is 4.96. The van der Waals surface area contributed by atoms with Crippen LogP contribution < -0.4 is 10.1 Å². The van der Waals surface area contributed by atoms with Crippen LogP contribution in [0.15, 0.2) is 75.5 Å². The number of hydrogen-bond acceptors (Lipinski definition) is 5. The van der Waals surface area contributed by atoms with E-state index in [0.717, 1.165) is 53.7 Å². The van der Waals surface area contributed by atoms with Crippen LogP contribution in [0.5, 0.6) is 5.75 Å². The molecular formula is C29H29BrN2O4. The molecule has 2 aliphatic carbocycles. The summed E-state index contributed by atoms with van der Waals surface area (Å²) in [6.07, 6.45) is 4.23. The maximum absolute atomic E-state index is 13.4. The van der Waals surface area contributed by atoms with Gasteiger partial charge in [-0.05, 0) is 62.9 Å². The minimum Gasteiger partial charge on any atom is -0.483 e. The molecule has 0 saturated heterocycles. The number of nitrogens with one attached hydrogen (secondary N) is 1. The van der Waals surface area contributed by atoms with Crippen molar-refractivity contribution in [2.24, 2.45) is 0 Å². The van der Waals surface area contributed by atoms with E-state index in [-0.39, 0.29) is 24.1 Å². The lowest BCUT2D eigenvalue weighted by molar-refractivity contribution is -0.119. The molecule has 6 nitrogen and oxygen atoms in total. The van der Waals surface area contributed by atoms with Gasteiger partial charge >= 0.3 is 0 Å². The predicted octanol–water partition coefficient (Wildman–Crippen LogP) is 5.90. The van der Waals surface area contributed by atoms with Crippen molar-refractivity contribution in [3.8, 4) is 5.75 Å². The number of carbonyl (C=O) groups is 3. The van der Waals surface area contributed by atoms with Crippen LogP contribution in [0.3, 0.4) is 0 Å². The third-order valence-corrected chi connectivity index (χ3v) is 7.60. The summed E-state index contributed by atoms with van der Waals surface area (Å²) in [7, 11) is 0. The number of ketones is 2. The van der Waals surface area contributed by atoms with Crippen molar-refractivity contribution in [3.63, 3.8) is 0 Å². The highest BCUT2D eigenvalue weighted by Crippen LogP contribution is 2.51. The van der Waals surface area contributed by atoms with E-state index in [0.29, 0.717) is 35.4 Å². The first-order valence-electron chi connectivity index (χ1n) is 12.5. The van der Waals surface area contributed by atoms with Gasteiger partial charge in [0.05, 0.1) is 0 Å². The minimum absolute atomic E-state index is 0.0948. The first-order valence-corrected chi connectivity index (χ1v) is 13.3. The van der Waals surface area contributed by atoms with Crippen molar-refractivity contribution in [3.05, 3.63) is 81.1 Å². The van der Waals surface area contributed by atoms with Crippen molar-refractivity contribution < 1.29 is 19.1 Å². The lowest BCUT2D eigenvalue weighted by Gasteiger charge is -2.43. The Bertz CT molecular complexity index is 1240. The van der Waals surface area contributed by atoms with Crippen LogP contribution in [0.25, 0.3) is 0 Å². The summed E-state index contributed by atoms with van der Waals surface area (Å²) in [4.78, 5) is 41.6. The Morgan fingerprint density at radius 2 is 1.61 bits per heavy atom. The molecule has 1 N–H and O–H groups in total. The summed E-state index contributed by atoms with van der Waals surface area (Å²) < 4.78 is 6.87. The molecule has 36 heavy (non-hydrogen) atoms. The Kier molecular flexibility index (Phi) is 7.10. The largest absolute Gasteiger partial charge is 0.483 e. The average molecular weight is 549 g/mol. The highest BCUT2D eigenvalue weighted by atomic mass is 79.9. The third kappa shape index (κ3) is 4.64. The molecule has 2 aromatic rings. The second kappa shape index (κ2) is 10.4. The van der Waals surface area contributed by atoms with Crippen molar-refractivity contribution >= 4 is 39.1 Å². The zero-order chi connectivity index (χ0) is 25.2. The second-order valence-electron chi connectivity index (χ2n) is 9.34. The van der Waals surface area contributed by atoms with Gasteiger partial charge in [0.1, 0.15) is 5.75 Å². The fourth-order valence-electron chi connectivity index (χ4n) is 5.65. The summed E-state index contributed by atoms with van der Waals surface area (Å²) >= 11 is 3.57. The quantitative estimate of drug-likeness (QED) is 0.486. The number of anilines is 1. The number of allylic oxidation sites excluding steroid dienone is 4. The van der Waals surface area contributed by atoms with Crippen molar-refractivity contribution in [1.29, 1.82) is 0 Å². The molecule has 0 bridgehead atoms. The van der Waals surface area contributed by atoms with Gasteiger partial charge in [-0.1, -0.05) is 34.1 Å². The molecule has 0 spiro atoms. The third-order valence-electron chi connectivity index (χ3n) is 7.10. The monoisotopic (exact) mass is 548 g/mol. The summed E-state index contributed by atoms with van der Waals surface area (Å²) in [6, 6.07) is 14.8. The van der Waals surface area contributed by atoms with Crippen LogP contribution in [0.2, 0.25) is 0 Å². The number of hydrogen-bond donors (Lipinski definition) is 1. The number of Topliss-reactive ketones (excluding diaryl/α,β-unsaturated/α-hetero) is 2. The summed E-state index contributed by atoms with van der Waals surface area (Å²) in [5.74, 6) is -0.0669. The molecular weight excluding hydrogens is 520 g/mol. The van der Waals surface area contributed by atoms with E-state index in [4.69, 9.17) is 4.74 Å². The van der Waals surface area contributed by atoms with Crippen molar-refractivity contribution in [1.82, 2.24) is 4.90 Å². The first-order chi connectivity index (χ1) is 17.5. The van der Waals surface area contributed by atoms with Crippen LogP contribution in [0, 0.1) is 0 Å². The van der Waals surface area contributed by atoms with Crippen LogP contribution in [0.4, 0.5) is 5.69 Å². The highest BCUT2D eigenvalue weighted by molar-refractivity contribution is 9.10. The van der Waals surface area contributed by atoms with Gasteiger partial charge in [-0.3, -0.25) is 14.4 Å². The number of para-hydroxylation sites is 1. The lowest BCUT2D eigenvalue weighted by atomic mass is 9.70. The Balaban J connectivity index is 1.55. The van der Waals surface area contributed by atoms with Gasteiger partial charge in [0.25, 0.3) is 5.91 Å². The maximum atomic E-state index is 13.4. The Labute approximate surface area is 219 Å². The molecule has 1 aliphatic heterocycles. The SMILES string of the molecule is CCN1C2=C(C(=O)CCC2)C(c2cc(Br)ccc2OCC(=O)Nc2ccccc2)C2=C1CCCC2=O. The van der Waals surface area contributed by atoms with Crippen molar-refractivity contribution in [2.45, 2.75) is 51.4 Å². The molecule has 1 amide bonds. The zero-order valence-corrected chi connectivity index (χ0v) is 21.9. The minimum atomic E-state index is -0.483. The molecule has 0 atom stereocenters. The molecule has 0 saturated carbocycles. The average Bonchev–Trinajstić information content (AvgIpc) is 2.87. The first kappa shape index (κ1) is 24.5. The van der Waals surface area contributed by atoms with Crippen molar-refractivity contribution in [2.75, 3.05) is 18.5 Å². The number of nitrogens with zero attached hydrogens (tertiary/aromatic N) is 1. The maximum Gasteiger partial charge on any atom is 0.262 e. The topological polar surface area (TPSA) is 75.7 Å². The van der Waals surface area contributed by atoms with Crippen LogP contribution in [0.1, 0.15) is 56.9 Å². The number of carbonyl (C=O) groups excluding carboxylic acids is 3.